The SMILES string of the molecule is c1nc(N2CCNCC2)nc2c1CSCC2. The van der Waals surface area contributed by atoms with E-state index in [4.69, 9.17) is 4.98 Å². The molecule has 16 heavy (non-hydrogen) atoms. The molecule has 0 aliphatic carbocycles. The highest BCUT2D eigenvalue weighted by molar-refractivity contribution is 7.98. The topological polar surface area (TPSA) is 41.1 Å². The molecule has 3 rings (SSSR count). The molecule has 5 heteroatoms. The molecule has 1 saturated heterocycles. The zero-order valence-corrected chi connectivity index (χ0v) is 10.1. The van der Waals surface area contributed by atoms with Crippen LogP contribution in [0.15, 0.2) is 6.20 Å². The van der Waals surface area contributed by atoms with Crippen molar-refractivity contribution in [3.63, 3.8) is 0 Å². The smallest absolute Gasteiger partial charge is 0.225 e. The van der Waals surface area contributed by atoms with Crippen molar-refractivity contribution in [2.24, 2.45) is 0 Å². The fourth-order valence-corrected chi connectivity index (χ4v) is 3.08. The Bertz CT molecular complexity index is 376. The van der Waals surface area contributed by atoms with Gasteiger partial charge in [-0.25, -0.2) is 9.97 Å². The molecule has 3 heterocycles. The lowest BCUT2D eigenvalue weighted by Crippen LogP contribution is -2.44. The van der Waals surface area contributed by atoms with Gasteiger partial charge in [-0.05, 0) is 12.2 Å². The van der Waals surface area contributed by atoms with Crippen molar-refractivity contribution in [3.8, 4) is 0 Å². The van der Waals surface area contributed by atoms with Crippen LogP contribution in [0.1, 0.15) is 11.3 Å². The van der Waals surface area contributed by atoms with Crippen molar-refractivity contribution in [2.75, 3.05) is 36.8 Å². The molecule has 86 valence electrons. The lowest BCUT2D eigenvalue weighted by Gasteiger charge is -2.28. The number of hydrogen-bond donors (Lipinski definition) is 1. The molecule has 1 N–H and O–H groups in total. The number of anilines is 1. The van der Waals surface area contributed by atoms with E-state index in [-0.39, 0.29) is 0 Å². The minimum Gasteiger partial charge on any atom is -0.338 e. The molecule has 0 amide bonds. The van der Waals surface area contributed by atoms with Gasteiger partial charge in [0.25, 0.3) is 0 Å². The van der Waals surface area contributed by atoms with Crippen LogP contribution in [-0.4, -0.2) is 41.9 Å². The van der Waals surface area contributed by atoms with Crippen molar-refractivity contribution in [3.05, 3.63) is 17.5 Å². The molecule has 2 aliphatic heterocycles. The number of rotatable bonds is 1. The van der Waals surface area contributed by atoms with Crippen LogP contribution in [0.4, 0.5) is 5.95 Å². The molecule has 4 nitrogen and oxygen atoms in total. The summed E-state index contributed by atoms with van der Waals surface area (Å²) in [6.45, 7) is 4.12. The number of piperazine rings is 1. The Morgan fingerprint density at radius 3 is 3.06 bits per heavy atom. The van der Waals surface area contributed by atoms with E-state index >= 15 is 0 Å². The second kappa shape index (κ2) is 4.59. The molecular formula is C11H16N4S. The van der Waals surface area contributed by atoms with E-state index in [1.807, 2.05) is 18.0 Å². The zero-order chi connectivity index (χ0) is 10.8. The average Bonchev–Trinajstić information content (AvgIpc) is 2.39. The van der Waals surface area contributed by atoms with Crippen molar-refractivity contribution < 1.29 is 0 Å². The van der Waals surface area contributed by atoms with Gasteiger partial charge in [0.1, 0.15) is 0 Å². The van der Waals surface area contributed by atoms with Gasteiger partial charge in [0, 0.05) is 43.7 Å². The van der Waals surface area contributed by atoms with Crippen molar-refractivity contribution in [1.82, 2.24) is 15.3 Å². The first-order valence-electron chi connectivity index (χ1n) is 5.82. The molecule has 1 fully saturated rings. The fourth-order valence-electron chi connectivity index (χ4n) is 2.14. The highest BCUT2D eigenvalue weighted by Crippen LogP contribution is 2.23. The summed E-state index contributed by atoms with van der Waals surface area (Å²) in [5.74, 6) is 3.20. The lowest BCUT2D eigenvalue weighted by atomic mass is 10.2. The van der Waals surface area contributed by atoms with Crippen LogP contribution in [0.25, 0.3) is 0 Å². The fraction of sp³-hybridized carbons (Fsp3) is 0.636. The predicted molar refractivity (Wildman–Crippen MR) is 67.0 cm³/mol. The summed E-state index contributed by atoms with van der Waals surface area (Å²) in [5, 5.41) is 3.35. The molecular weight excluding hydrogens is 220 g/mol. The number of aromatic nitrogens is 2. The van der Waals surface area contributed by atoms with Crippen LogP contribution in [0.5, 0.6) is 0 Å². The summed E-state index contributed by atoms with van der Waals surface area (Å²) >= 11 is 1.98. The highest BCUT2D eigenvalue weighted by Gasteiger charge is 2.17. The van der Waals surface area contributed by atoms with Gasteiger partial charge in [0.05, 0.1) is 5.69 Å². The third kappa shape index (κ3) is 2.01. The molecule has 1 aromatic rings. The summed E-state index contributed by atoms with van der Waals surface area (Å²) in [7, 11) is 0. The molecule has 0 aromatic carbocycles. The van der Waals surface area contributed by atoms with Crippen molar-refractivity contribution in [2.45, 2.75) is 12.2 Å². The van der Waals surface area contributed by atoms with Crippen LogP contribution in [0.3, 0.4) is 0 Å². The summed E-state index contributed by atoms with van der Waals surface area (Å²) in [4.78, 5) is 11.5. The maximum atomic E-state index is 4.71. The standard InChI is InChI=1S/C11H16N4S/c1-6-16-8-9-7-13-11(14-10(1)9)15-4-2-12-3-5-15/h7,12H,1-6,8H2. The second-order valence-corrected chi connectivity index (χ2v) is 5.29. The molecule has 0 bridgehead atoms. The summed E-state index contributed by atoms with van der Waals surface area (Å²) < 4.78 is 0. The molecule has 0 spiro atoms. The Kier molecular flexibility index (Phi) is 2.97. The average molecular weight is 236 g/mol. The number of fused-ring (bicyclic) bond motifs is 1. The third-order valence-electron chi connectivity index (χ3n) is 3.08. The second-order valence-electron chi connectivity index (χ2n) is 4.18. The number of nitrogens with zero attached hydrogens (tertiary/aromatic N) is 3. The van der Waals surface area contributed by atoms with Crippen LogP contribution in [0, 0.1) is 0 Å². The van der Waals surface area contributed by atoms with Crippen LogP contribution in [0.2, 0.25) is 0 Å². The van der Waals surface area contributed by atoms with Gasteiger partial charge in [-0.2, -0.15) is 11.8 Å². The number of aryl methyl sites for hydroxylation is 1. The Morgan fingerprint density at radius 1 is 1.31 bits per heavy atom. The summed E-state index contributed by atoms with van der Waals surface area (Å²) in [5.41, 5.74) is 2.59. The lowest BCUT2D eigenvalue weighted by molar-refractivity contribution is 0.578. The van der Waals surface area contributed by atoms with Gasteiger partial charge in [-0.1, -0.05) is 0 Å². The summed E-state index contributed by atoms with van der Waals surface area (Å²) in [6.07, 6.45) is 3.12. The van der Waals surface area contributed by atoms with Crippen LogP contribution >= 0.6 is 11.8 Å². The minimum absolute atomic E-state index is 0.923. The normalized spacial score (nSPS) is 20.6. The molecule has 0 unspecified atom stereocenters. The van der Waals surface area contributed by atoms with Gasteiger partial charge in [-0.15, -0.1) is 0 Å². The quantitative estimate of drug-likeness (QED) is 0.776. The van der Waals surface area contributed by atoms with E-state index in [0.717, 1.165) is 44.3 Å². The van der Waals surface area contributed by atoms with Crippen LogP contribution < -0.4 is 10.2 Å². The predicted octanol–water partition coefficient (Wildman–Crippen LogP) is 0.675. The summed E-state index contributed by atoms with van der Waals surface area (Å²) in [6, 6.07) is 0. The van der Waals surface area contributed by atoms with E-state index in [1.54, 1.807) is 0 Å². The van der Waals surface area contributed by atoms with E-state index in [9.17, 15) is 0 Å². The Morgan fingerprint density at radius 2 is 2.19 bits per heavy atom. The maximum Gasteiger partial charge on any atom is 0.225 e. The maximum absolute atomic E-state index is 4.71. The first-order chi connectivity index (χ1) is 7.93. The van der Waals surface area contributed by atoms with Crippen molar-refractivity contribution >= 4 is 17.7 Å². The van der Waals surface area contributed by atoms with E-state index < -0.39 is 0 Å². The monoisotopic (exact) mass is 236 g/mol. The molecule has 0 atom stereocenters. The van der Waals surface area contributed by atoms with E-state index in [2.05, 4.69) is 15.2 Å². The Hall–Kier alpha value is -0.810. The molecule has 0 saturated carbocycles. The minimum atomic E-state index is 0.923. The van der Waals surface area contributed by atoms with Crippen molar-refractivity contribution in [1.29, 1.82) is 0 Å². The number of hydrogen-bond acceptors (Lipinski definition) is 5. The van der Waals surface area contributed by atoms with Gasteiger partial charge >= 0.3 is 0 Å². The van der Waals surface area contributed by atoms with E-state index in [1.165, 1.54) is 17.0 Å². The van der Waals surface area contributed by atoms with Gasteiger partial charge in [0.2, 0.25) is 5.95 Å². The Labute approximate surface area is 99.8 Å². The number of thioether (sulfide) groups is 1. The molecule has 0 radical (unpaired) electrons. The van der Waals surface area contributed by atoms with E-state index in [0.29, 0.717) is 0 Å². The molecule has 2 aliphatic rings. The largest absolute Gasteiger partial charge is 0.338 e. The first-order valence-corrected chi connectivity index (χ1v) is 6.97. The zero-order valence-electron chi connectivity index (χ0n) is 9.28. The molecule has 1 aromatic heterocycles. The van der Waals surface area contributed by atoms with Gasteiger partial charge in [-0.3, -0.25) is 0 Å². The third-order valence-corrected chi connectivity index (χ3v) is 4.09. The van der Waals surface area contributed by atoms with Gasteiger partial charge in [0.15, 0.2) is 0 Å². The Balaban J connectivity index is 1.84. The number of nitrogens with one attached hydrogen (secondary N) is 1. The first kappa shape index (κ1) is 10.4. The highest BCUT2D eigenvalue weighted by atomic mass is 32.2. The van der Waals surface area contributed by atoms with Crippen LogP contribution in [-0.2, 0) is 12.2 Å². The van der Waals surface area contributed by atoms with Gasteiger partial charge < -0.3 is 10.2 Å².